The summed E-state index contributed by atoms with van der Waals surface area (Å²) >= 11 is 0. The lowest BCUT2D eigenvalue weighted by Gasteiger charge is -1.98. The Kier molecular flexibility index (Phi) is 11.2. The van der Waals surface area contributed by atoms with E-state index in [1.807, 2.05) is 0 Å². The highest BCUT2D eigenvalue weighted by Crippen LogP contribution is 1.82. The first kappa shape index (κ1) is 13.0. The molecule has 0 aliphatic carbocycles. The molecule has 0 saturated carbocycles. The van der Waals surface area contributed by atoms with Crippen molar-refractivity contribution in [1.82, 2.24) is 0 Å². The molecule has 0 N–H and O–H groups in total. The third-order valence-electron chi connectivity index (χ3n) is 1.42. The molecule has 14 heavy (non-hydrogen) atoms. The van der Waals surface area contributed by atoms with Crippen molar-refractivity contribution in [3.63, 3.8) is 0 Å². The van der Waals surface area contributed by atoms with Crippen LogP contribution in [0.15, 0.2) is 0 Å². The topological polar surface area (TPSA) is 18.5 Å². The largest absolute Gasteiger partial charge is 0.382 e. The standard InChI is InChI=1S/C12H18O2/c1-3-4-5-6-7-8-9-10-14-12-11-13-2/h3-4,9-12H2,1-2H3. The molecule has 0 fully saturated rings. The smallest absolute Gasteiger partial charge is 0.0700 e. The highest BCUT2D eigenvalue weighted by atomic mass is 16.5. The molecule has 78 valence electrons. The van der Waals surface area contributed by atoms with Gasteiger partial charge in [-0.1, -0.05) is 18.8 Å². The normalized spacial score (nSPS) is 8.43. The van der Waals surface area contributed by atoms with Crippen molar-refractivity contribution >= 4 is 0 Å². The fourth-order valence-corrected chi connectivity index (χ4v) is 0.706. The van der Waals surface area contributed by atoms with E-state index in [0.29, 0.717) is 19.8 Å². The zero-order valence-electron chi connectivity index (χ0n) is 9.06. The van der Waals surface area contributed by atoms with Crippen molar-refractivity contribution in [2.75, 3.05) is 26.9 Å². The Labute approximate surface area is 87.0 Å². The number of methoxy groups -OCH3 is 1. The van der Waals surface area contributed by atoms with Crippen LogP contribution in [-0.2, 0) is 9.47 Å². The predicted octanol–water partition coefficient (Wildman–Crippen LogP) is 1.85. The van der Waals surface area contributed by atoms with Gasteiger partial charge in [0.05, 0.1) is 19.8 Å². The highest BCUT2D eigenvalue weighted by molar-refractivity contribution is 5.25. The van der Waals surface area contributed by atoms with Crippen LogP contribution in [0.4, 0.5) is 0 Å². The Morgan fingerprint density at radius 3 is 2.29 bits per heavy atom. The van der Waals surface area contributed by atoms with Crippen molar-refractivity contribution in [3.05, 3.63) is 0 Å². The van der Waals surface area contributed by atoms with Gasteiger partial charge in [0.25, 0.3) is 0 Å². The van der Waals surface area contributed by atoms with Crippen LogP contribution >= 0.6 is 0 Å². The molecule has 0 rings (SSSR count). The van der Waals surface area contributed by atoms with Crippen molar-refractivity contribution in [2.24, 2.45) is 0 Å². The molecular weight excluding hydrogens is 176 g/mol. The lowest BCUT2D eigenvalue weighted by Crippen LogP contribution is -2.02. The Bertz CT molecular complexity index is 224. The Morgan fingerprint density at radius 2 is 1.64 bits per heavy atom. The van der Waals surface area contributed by atoms with E-state index >= 15 is 0 Å². The van der Waals surface area contributed by atoms with Crippen LogP contribution in [0.1, 0.15) is 26.2 Å². The quantitative estimate of drug-likeness (QED) is 0.474. The summed E-state index contributed by atoms with van der Waals surface area (Å²) in [5.74, 6) is 11.5. The highest BCUT2D eigenvalue weighted by Gasteiger charge is 1.83. The molecule has 0 atom stereocenters. The van der Waals surface area contributed by atoms with Gasteiger partial charge in [-0.3, -0.25) is 0 Å². The lowest BCUT2D eigenvalue weighted by molar-refractivity contribution is 0.0737. The molecule has 0 unspecified atom stereocenters. The molecule has 0 amide bonds. The summed E-state index contributed by atoms with van der Waals surface area (Å²) in [5.41, 5.74) is 0. The molecule has 0 aromatic carbocycles. The first-order chi connectivity index (χ1) is 6.91. The number of hydrogen-bond donors (Lipinski definition) is 0. The first-order valence-electron chi connectivity index (χ1n) is 4.94. The summed E-state index contributed by atoms with van der Waals surface area (Å²) in [6.45, 7) is 4.04. The van der Waals surface area contributed by atoms with Gasteiger partial charge in [-0.2, -0.15) is 0 Å². The molecule has 0 radical (unpaired) electrons. The molecule has 0 aliphatic rings. The average molecular weight is 194 g/mol. The molecule has 2 heteroatoms. The first-order valence-corrected chi connectivity index (χ1v) is 4.94. The number of rotatable bonds is 6. The molecule has 0 bridgehead atoms. The van der Waals surface area contributed by atoms with Gasteiger partial charge < -0.3 is 9.47 Å². The number of hydrogen-bond acceptors (Lipinski definition) is 2. The molecular formula is C12H18O2. The summed E-state index contributed by atoms with van der Waals surface area (Å²) in [7, 11) is 1.66. The van der Waals surface area contributed by atoms with Crippen molar-refractivity contribution in [2.45, 2.75) is 26.2 Å². The maximum atomic E-state index is 5.23. The second kappa shape index (κ2) is 12.0. The van der Waals surface area contributed by atoms with Gasteiger partial charge in [0.1, 0.15) is 0 Å². The number of unbranched alkanes of at least 4 members (excludes halogenated alkanes) is 1. The average Bonchev–Trinajstić information content (AvgIpc) is 2.21. The maximum Gasteiger partial charge on any atom is 0.0700 e. The van der Waals surface area contributed by atoms with Crippen LogP contribution in [0.3, 0.4) is 0 Å². The summed E-state index contributed by atoms with van der Waals surface area (Å²) in [4.78, 5) is 0. The summed E-state index contributed by atoms with van der Waals surface area (Å²) in [5, 5.41) is 0. The number of ether oxygens (including phenoxy) is 2. The molecule has 2 nitrogen and oxygen atoms in total. The lowest BCUT2D eigenvalue weighted by atomic mass is 10.3. The molecule has 0 saturated heterocycles. The van der Waals surface area contributed by atoms with Gasteiger partial charge in [-0.25, -0.2) is 0 Å². The van der Waals surface area contributed by atoms with Gasteiger partial charge in [-0.15, -0.1) is 0 Å². The third kappa shape index (κ3) is 11.0. The molecule has 0 aromatic rings. The van der Waals surface area contributed by atoms with Gasteiger partial charge in [0.15, 0.2) is 0 Å². The molecule has 0 aromatic heterocycles. The van der Waals surface area contributed by atoms with Crippen molar-refractivity contribution in [3.8, 4) is 23.7 Å². The summed E-state index contributed by atoms with van der Waals surface area (Å²) < 4.78 is 10.1. The monoisotopic (exact) mass is 194 g/mol. The van der Waals surface area contributed by atoms with Gasteiger partial charge >= 0.3 is 0 Å². The minimum Gasteiger partial charge on any atom is -0.382 e. The minimum atomic E-state index is 0.639. The fraction of sp³-hybridized carbons (Fsp3) is 0.667. The van der Waals surface area contributed by atoms with E-state index in [1.54, 1.807) is 7.11 Å². The van der Waals surface area contributed by atoms with Crippen molar-refractivity contribution in [1.29, 1.82) is 0 Å². The minimum absolute atomic E-state index is 0.639. The van der Waals surface area contributed by atoms with Crippen LogP contribution in [0.5, 0.6) is 0 Å². The maximum absolute atomic E-state index is 5.23. The predicted molar refractivity (Wildman–Crippen MR) is 57.8 cm³/mol. The fourth-order valence-electron chi connectivity index (χ4n) is 0.706. The van der Waals surface area contributed by atoms with Crippen LogP contribution in [0, 0.1) is 23.7 Å². The summed E-state index contributed by atoms with van der Waals surface area (Å²) in [6, 6.07) is 0. The second-order valence-corrected chi connectivity index (χ2v) is 2.71. The molecule has 0 aliphatic heterocycles. The second-order valence-electron chi connectivity index (χ2n) is 2.71. The van der Waals surface area contributed by atoms with E-state index < -0.39 is 0 Å². The van der Waals surface area contributed by atoms with E-state index in [0.717, 1.165) is 19.3 Å². The Hall–Kier alpha value is -0.960. The van der Waals surface area contributed by atoms with Gasteiger partial charge in [0.2, 0.25) is 0 Å². The van der Waals surface area contributed by atoms with E-state index in [2.05, 4.69) is 30.6 Å². The van der Waals surface area contributed by atoms with E-state index in [1.165, 1.54) is 0 Å². The Morgan fingerprint density at radius 1 is 0.929 bits per heavy atom. The SMILES string of the molecule is CCCC#CC#CCCOCCOC. The Balaban J connectivity index is 3.22. The molecule has 0 spiro atoms. The summed E-state index contributed by atoms with van der Waals surface area (Å²) in [6.07, 6.45) is 2.76. The zero-order chi connectivity index (χ0) is 10.5. The molecule has 0 heterocycles. The van der Waals surface area contributed by atoms with E-state index in [9.17, 15) is 0 Å². The van der Waals surface area contributed by atoms with E-state index in [4.69, 9.17) is 9.47 Å². The van der Waals surface area contributed by atoms with Crippen LogP contribution in [0.2, 0.25) is 0 Å². The van der Waals surface area contributed by atoms with Crippen LogP contribution in [0.25, 0.3) is 0 Å². The van der Waals surface area contributed by atoms with Gasteiger partial charge in [0, 0.05) is 20.0 Å². The van der Waals surface area contributed by atoms with E-state index in [-0.39, 0.29) is 0 Å². The zero-order valence-corrected chi connectivity index (χ0v) is 9.06. The van der Waals surface area contributed by atoms with Crippen LogP contribution < -0.4 is 0 Å². The van der Waals surface area contributed by atoms with Crippen LogP contribution in [-0.4, -0.2) is 26.9 Å². The third-order valence-corrected chi connectivity index (χ3v) is 1.42. The van der Waals surface area contributed by atoms with Crippen molar-refractivity contribution < 1.29 is 9.47 Å². The van der Waals surface area contributed by atoms with Gasteiger partial charge in [-0.05, 0) is 18.3 Å².